The number of carbonyl (C=O) groups is 1. The smallest absolute Gasteiger partial charge is 0.281 e. The van der Waals surface area contributed by atoms with Crippen molar-refractivity contribution in [3.05, 3.63) is 137 Å². The first-order valence-corrected chi connectivity index (χ1v) is 10.9. The van der Waals surface area contributed by atoms with E-state index in [2.05, 4.69) is 5.10 Å². The highest BCUT2D eigenvalue weighted by atomic mass is 19.1. The number of anilines is 1. The van der Waals surface area contributed by atoms with Gasteiger partial charge in [0.25, 0.3) is 5.91 Å². The van der Waals surface area contributed by atoms with Crippen molar-refractivity contribution in [3.8, 4) is 5.75 Å². The predicted octanol–water partition coefficient (Wildman–Crippen LogP) is 6.24. The van der Waals surface area contributed by atoms with E-state index >= 15 is 0 Å². The average molecular weight is 448 g/mol. The molecule has 1 aliphatic heterocycles. The van der Waals surface area contributed by atoms with E-state index in [-0.39, 0.29) is 18.3 Å². The van der Waals surface area contributed by atoms with E-state index in [1.807, 2.05) is 91.0 Å². The van der Waals surface area contributed by atoms with E-state index < -0.39 is 0 Å². The number of hydrazone groups is 1. The average Bonchev–Trinajstić information content (AvgIpc) is 3.20. The maximum Gasteiger partial charge on any atom is 0.281 e. The molecule has 0 aromatic heterocycles. The second-order valence-electron chi connectivity index (χ2n) is 7.78. The van der Waals surface area contributed by atoms with Crippen LogP contribution in [0.2, 0.25) is 0 Å². The quantitative estimate of drug-likeness (QED) is 0.328. The number of para-hydroxylation sites is 2. The summed E-state index contributed by atoms with van der Waals surface area (Å²) in [7, 11) is 0. The van der Waals surface area contributed by atoms with E-state index in [4.69, 9.17) is 4.74 Å². The van der Waals surface area contributed by atoms with Gasteiger partial charge in [-0.3, -0.25) is 4.79 Å². The highest BCUT2D eigenvalue weighted by Crippen LogP contribution is 2.30. The number of benzene rings is 4. The standard InChI is InChI=1S/C29H21FN2O2/c30-24-14-9-10-21(18-24)20-34-27-17-8-7-13-23(27)19-26-28(22-11-3-1-4-12-22)31-32(29(26)33)25-15-5-2-6-16-25/h1-19H,20H2/b26-19-. The molecule has 5 rings (SSSR count). The zero-order valence-electron chi connectivity index (χ0n) is 18.3. The Kier molecular flexibility index (Phi) is 5.99. The molecule has 4 aromatic rings. The van der Waals surface area contributed by atoms with Crippen LogP contribution in [0.4, 0.5) is 10.1 Å². The second kappa shape index (κ2) is 9.55. The summed E-state index contributed by atoms with van der Waals surface area (Å²) < 4.78 is 19.5. The minimum atomic E-state index is -0.308. The summed E-state index contributed by atoms with van der Waals surface area (Å²) in [5.41, 5.74) is 4.06. The Morgan fingerprint density at radius 1 is 0.824 bits per heavy atom. The summed E-state index contributed by atoms with van der Waals surface area (Å²) in [5.74, 6) is 0.0698. The third-order valence-electron chi connectivity index (χ3n) is 5.43. The summed E-state index contributed by atoms with van der Waals surface area (Å²) in [4.78, 5) is 13.5. The Bertz CT molecular complexity index is 1380. The summed E-state index contributed by atoms with van der Waals surface area (Å²) in [6.07, 6.45) is 1.80. The normalized spacial score (nSPS) is 14.4. The minimum absolute atomic E-state index is 0.210. The lowest BCUT2D eigenvalue weighted by Gasteiger charge is -2.12. The molecule has 4 nitrogen and oxygen atoms in total. The van der Waals surface area contributed by atoms with Gasteiger partial charge < -0.3 is 4.74 Å². The van der Waals surface area contributed by atoms with Gasteiger partial charge in [0, 0.05) is 11.1 Å². The van der Waals surface area contributed by atoms with Crippen LogP contribution in [0.3, 0.4) is 0 Å². The van der Waals surface area contributed by atoms with E-state index in [1.165, 1.54) is 17.1 Å². The van der Waals surface area contributed by atoms with Crippen molar-refractivity contribution < 1.29 is 13.9 Å². The first-order chi connectivity index (χ1) is 16.7. The molecule has 5 heteroatoms. The summed E-state index contributed by atoms with van der Waals surface area (Å²) in [5, 5.41) is 6.09. The van der Waals surface area contributed by atoms with Crippen LogP contribution in [0, 0.1) is 5.82 Å². The zero-order chi connectivity index (χ0) is 23.3. The summed E-state index contributed by atoms with van der Waals surface area (Å²) in [6, 6.07) is 32.7. The first kappa shape index (κ1) is 21.3. The van der Waals surface area contributed by atoms with Gasteiger partial charge in [0.1, 0.15) is 23.9 Å². The Labute approximate surface area is 197 Å². The van der Waals surface area contributed by atoms with Crippen LogP contribution in [0.25, 0.3) is 6.08 Å². The molecule has 0 fully saturated rings. The topological polar surface area (TPSA) is 41.9 Å². The molecule has 1 amide bonds. The van der Waals surface area contributed by atoms with Gasteiger partial charge in [-0.2, -0.15) is 10.1 Å². The zero-order valence-corrected chi connectivity index (χ0v) is 18.3. The molecular weight excluding hydrogens is 427 g/mol. The molecule has 0 atom stereocenters. The molecule has 1 aliphatic rings. The predicted molar refractivity (Wildman–Crippen MR) is 132 cm³/mol. The Morgan fingerprint density at radius 2 is 1.53 bits per heavy atom. The fraction of sp³-hybridized carbons (Fsp3) is 0.0345. The van der Waals surface area contributed by atoms with Crippen molar-refractivity contribution >= 4 is 23.4 Å². The van der Waals surface area contributed by atoms with Crippen LogP contribution in [-0.4, -0.2) is 11.6 Å². The molecule has 0 saturated carbocycles. The van der Waals surface area contributed by atoms with Crippen molar-refractivity contribution in [3.63, 3.8) is 0 Å². The molecular formula is C29H21FN2O2. The van der Waals surface area contributed by atoms with Crippen LogP contribution >= 0.6 is 0 Å². The number of rotatable bonds is 6. The Hall–Kier alpha value is -4.51. The molecule has 0 unspecified atom stereocenters. The van der Waals surface area contributed by atoms with Crippen molar-refractivity contribution in [1.82, 2.24) is 0 Å². The van der Waals surface area contributed by atoms with Crippen LogP contribution in [-0.2, 0) is 11.4 Å². The Balaban J connectivity index is 1.52. The minimum Gasteiger partial charge on any atom is -0.488 e. The molecule has 1 heterocycles. The fourth-order valence-electron chi connectivity index (χ4n) is 3.77. The SMILES string of the molecule is O=C1/C(=C\c2ccccc2OCc2cccc(F)c2)C(c2ccccc2)=NN1c1ccccc1. The maximum absolute atomic E-state index is 13.5. The number of halogens is 1. The van der Waals surface area contributed by atoms with Gasteiger partial charge in [0.05, 0.1) is 11.3 Å². The van der Waals surface area contributed by atoms with Crippen LogP contribution in [0.5, 0.6) is 5.75 Å². The van der Waals surface area contributed by atoms with Gasteiger partial charge in [-0.15, -0.1) is 0 Å². The molecule has 0 N–H and O–H groups in total. The summed E-state index contributed by atoms with van der Waals surface area (Å²) >= 11 is 0. The van der Waals surface area contributed by atoms with E-state index in [0.717, 1.165) is 16.7 Å². The van der Waals surface area contributed by atoms with E-state index in [0.29, 0.717) is 22.7 Å². The summed E-state index contributed by atoms with van der Waals surface area (Å²) in [6.45, 7) is 0.210. The fourth-order valence-corrected chi connectivity index (χ4v) is 3.77. The van der Waals surface area contributed by atoms with Crippen LogP contribution in [0.15, 0.2) is 120 Å². The highest BCUT2D eigenvalue weighted by Gasteiger charge is 2.32. The van der Waals surface area contributed by atoms with Crippen molar-refractivity contribution in [2.45, 2.75) is 6.61 Å². The van der Waals surface area contributed by atoms with E-state index in [9.17, 15) is 9.18 Å². The number of nitrogens with zero attached hydrogens (tertiary/aromatic N) is 2. The van der Waals surface area contributed by atoms with Gasteiger partial charge in [0.2, 0.25) is 0 Å². The van der Waals surface area contributed by atoms with Crippen LogP contribution < -0.4 is 9.75 Å². The van der Waals surface area contributed by atoms with Crippen LogP contribution in [0.1, 0.15) is 16.7 Å². The molecule has 0 radical (unpaired) electrons. The third kappa shape index (κ3) is 4.50. The third-order valence-corrected chi connectivity index (χ3v) is 5.43. The maximum atomic E-state index is 13.5. The van der Waals surface area contributed by atoms with Crippen molar-refractivity contribution in [2.75, 3.05) is 5.01 Å². The van der Waals surface area contributed by atoms with Gasteiger partial charge in [-0.05, 0) is 42.0 Å². The largest absolute Gasteiger partial charge is 0.488 e. The van der Waals surface area contributed by atoms with Gasteiger partial charge in [-0.25, -0.2) is 4.39 Å². The first-order valence-electron chi connectivity index (χ1n) is 10.9. The number of hydrogen-bond donors (Lipinski definition) is 0. The lowest BCUT2D eigenvalue weighted by molar-refractivity contribution is -0.114. The van der Waals surface area contributed by atoms with Gasteiger partial charge >= 0.3 is 0 Å². The van der Waals surface area contributed by atoms with Crippen molar-refractivity contribution in [2.24, 2.45) is 5.10 Å². The van der Waals surface area contributed by atoms with Gasteiger partial charge in [-0.1, -0.05) is 78.9 Å². The molecule has 166 valence electrons. The molecule has 0 bridgehead atoms. The van der Waals surface area contributed by atoms with Gasteiger partial charge in [0.15, 0.2) is 0 Å². The molecule has 0 spiro atoms. The van der Waals surface area contributed by atoms with Crippen molar-refractivity contribution in [1.29, 1.82) is 0 Å². The second-order valence-corrected chi connectivity index (χ2v) is 7.78. The number of carbonyl (C=O) groups excluding carboxylic acids is 1. The highest BCUT2D eigenvalue weighted by molar-refractivity contribution is 6.37. The molecule has 34 heavy (non-hydrogen) atoms. The monoisotopic (exact) mass is 448 g/mol. The molecule has 0 aliphatic carbocycles. The Morgan fingerprint density at radius 3 is 2.29 bits per heavy atom. The number of hydrogen-bond acceptors (Lipinski definition) is 3. The number of amides is 1. The van der Waals surface area contributed by atoms with E-state index in [1.54, 1.807) is 12.1 Å². The molecule has 4 aromatic carbocycles. The molecule has 0 saturated heterocycles. The lowest BCUT2D eigenvalue weighted by Crippen LogP contribution is -2.21. The number of ether oxygens (including phenoxy) is 1. The lowest BCUT2D eigenvalue weighted by atomic mass is 10.00.